The summed E-state index contributed by atoms with van der Waals surface area (Å²) in [6, 6.07) is 4.54. The van der Waals surface area contributed by atoms with Crippen LogP contribution in [0.3, 0.4) is 0 Å². The van der Waals surface area contributed by atoms with Gasteiger partial charge in [0.05, 0.1) is 0 Å². The van der Waals surface area contributed by atoms with Crippen molar-refractivity contribution in [3.05, 3.63) is 12.1 Å². The third-order valence-corrected chi connectivity index (χ3v) is 9.15. The second-order valence-corrected chi connectivity index (χ2v) is 15.3. The van der Waals surface area contributed by atoms with Gasteiger partial charge in [-0.3, -0.25) is 0 Å². The fourth-order valence-electron chi connectivity index (χ4n) is 4.90. The number of rotatable bonds is 8. The van der Waals surface area contributed by atoms with E-state index in [0.717, 1.165) is 28.7 Å². The lowest BCUT2D eigenvalue weighted by Gasteiger charge is -2.33. The van der Waals surface area contributed by atoms with Crippen LogP contribution in [0.5, 0.6) is 11.5 Å². The first-order chi connectivity index (χ1) is 13.1. The van der Waals surface area contributed by atoms with Gasteiger partial charge in [-0.2, -0.15) is 0 Å². The minimum absolute atomic E-state index is 0.346. The normalized spacial score (nSPS) is 15.9. The highest BCUT2D eigenvalue weighted by molar-refractivity contribution is 7.54. The van der Waals surface area contributed by atoms with Gasteiger partial charge in [-0.25, -0.2) is 0 Å². The molecule has 1 aromatic carbocycles. The molecule has 2 atom stereocenters. The molecule has 1 aliphatic rings. The molecular weight excluding hydrogens is 394 g/mol. The monoisotopic (exact) mass is 438 g/mol. The molecule has 0 radical (unpaired) electrons. The Labute approximate surface area is 183 Å². The Morgan fingerprint density at radius 2 is 1.00 bits per heavy atom. The van der Waals surface area contributed by atoms with Gasteiger partial charge in [0.2, 0.25) is 6.79 Å². The quantitative estimate of drug-likeness (QED) is 0.409. The minimum Gasteiger partial charge on any atom is -0.454 e. The molecule has 0 saturated carbocycles. The summed E-state index contributed by atoms with van der Waals surface area (Å²) in [6.45, 7) is 24.1. The van der Waals surface area contributed by atoms with Crippen molar-refractivity contribution in [1.82, 2.24) is 0 Å². The van der Waals surface area contributed by atoms with Crippen molar-refractivity contribution in [1.29, 1.82) is 0 Å². The van der Waals surface area contributed by atoms with Crippen molar-refractivity contribution >= 4 is 27.8 Å². The molecule has 2 nitrogen and oxygen atoms in total. The van der Waals surface area contributed by atoms with Crippen LogP contribution in [0.15, 0.2) is 12.1 Å². The van der Waals surface area contributed by atoms with Crippen LogP contribution in [0.2, 0.25) is 0 Å². The highest BCUT2D eigenvalue weighted by atomic mass is 31.1. The Balaban J connectivity index is 2.15. The first-order valence-corrected chi connectivity index (χ1v) is 13.4. The van der Waals surface area contributed by atoms with Crippen molar-refractivity contribution in [2.24, 2.45) is 21.7 Å². The van der Waals surface area contributed by atoms with Crippen LogP contribution >= 0.6 is 17.2 Å². The van der Waals surface area contributed by atoms with E-state index in [1.165, 1.54) is 35.8 Å². The van der Waals surface area contributed by atoms with Gasteiger partial charge in [-0.15, -0.1) is 0 Å². The molecule has 0 spiro atoms. The molecule has 0 aromatic heterocycles. The largest absolute Gasteiger partial charge is 0.454 e. The van der Waals surface area contributed by atoms with Crippen LogP contribution in [0.25, 0.3) is 0 Å². The zero-order chi connectivity index (χ0) is 22.1. The number of benzene rings is 1. The van der Waals surface area contributed by atoms with Crippen molar-refractivity contribution in [3.63, 3.8) is 0 Å². The van der Waals surface area contributed by atoms with Gasteiger partial charge in [0, 0.05) is 0 Å². The van der Waals surface area contributed by atoms with E-state index in [2.05, 4.69) is 81.4 Å². The van der Waals surface area contributed by atoms with Gasteiger partial charge >= 0.3 is 0 Å². The molecule has 0 bridgehead atoms. The maximum atomic E-state index is 5.70. The van der Waals surface area contributed by atoms with E-state index in [1.807, 2.05) is 0 Å². The number of hydrogen-bond donors (Lipinski definition) is 0. The number of fused-ring (bicyclic) bond motifs is 1. The maximum Gasteiger partial charge on any atom is 0.231 e. The molecule has 0 aliphatic carbocycles. The topological polar surface area (TPSA) is 18.5 Å². The Morgan fingerprint density at radius 1 is 0.655 bits per heavy atom. The van der Waals surface area contributed by atoms with Crippen molar-refractivity contribution in [2.75, 3.05) is 19.1 Å². The number of ether oxygens (including phenoxy) is 2. The number of hydrogen-bond acceptors (Lipinski definition) is 2. The summed E-state index contributed by atoms with van der Waals surface area (Å²) in [6.07, 6.45) is 4.95. The minimum atomic E-state index is 0.346. The van der Waals surface area contributed by atoms with Crippen molar-refractivity contribution in [2.45, 2.75) is 82.1 Å². The Hall–Kier alpha value is -0.320. The fraction of sp³-hybridized carbons (Fsp3) is 0.760. The van der Waals surface area contributed by atoms with Gasteiger partial charge in [0.25, 0.3) is 0 Å². The van der Waals surface area contributed by atoms with Crippen LogP contribution in [-0.2, 0) is 0 Å². The van der Waals surface area contributed by atoms with Gasteiger partial charge in [-0.05, 0) is 69.6 Å². The Kier molecular flexibility index (Phi) is 7.78. The summed E-state index contributed by atoms with van der Waals surface area (Å²) in [4.78, 5) is 0. The van der Waals surface area contributed by atoms with E-state index in [1.54, 1.807) is 0 Å². The molecule has 0 fully saturated rings. The van der Waals surface area contributed by atoms with E-state index >= 15 is 0 Å². The van der Waals surface area contributed by atoms with Crippen LogP contribution in [-0.4, -0.2) is 19.1 Å². The molecule has 1 heterocycles. The first kappa shape index (κ1) is 24.9. The van der Waals surface area contributed by atoms with E-state index in [9.17, 15) is 0 Å². The molecule has 2 rings (SSSR count). The SMILES string of the molecule is CC(C)(C)CC(C)(C)CPc1cc2c(cc1PCC(C)(C)CC(C)(C)C)OCO2. The molecule has 4 heteroatoms. The summed E-state index contributed by atoms with van der Waals surface area (Å²) < 4.78 is 11.4. The highest BCUT2D eigenvalue weighted by Crippen LogP contribution is 2.41. The molecule has 1 aromatic rings. The van der Waals surface area contributed by atoms with Gasteiger partial charge in [0.15, 0.2) is 11.5 Å². The predicted molar refractivity (Wildman–Crippen MR) is 134 cm³/mol. The first-order valence-electron chi connectivity index (χ1n) is 11.0. The molecule has 29 heavy (non-hydrogen) atoms. The van der Waals surface area contributed by atoms with Gasteiger partial charge in [0.1, 0.15) is 0 Å². The van der Waals surface area contributed by atoms with Crippen molar-refractivity contribution in [3.8, 4) is 11.5 Å². The predicted octanol–water partition coefficient (Wildman–Crippen LogP) is 6.95. The molecule has 1 aliphatic heterocycles. The molecule has 0 amide bonds. The standard InChI is InChI=1S/C25H44O2P2/c1-22(2,3)13-24(7,8)15-28-20-11-18-19(27-17-26-18)12-21(20)29-16-25(9,10)14-23(4,5)6/h11-12,28-29H,13-17H2,1-10H3. The third-order valence-electron chi connectivity index (χ3n) is 5.05. The lowest BCUT2D eigenvalue weighted by molar-refractivity contribution is 0.174. The highest BCUT2D eigenvalue weighted by Gasteiger charge is 2.28. The lowest BCUT2D eigenvalue weighted by atomic mass is 9.77. The average Bonchev–Trinajstić information content (AvgIpc) is 2.93. The van der Waals surface area contributed by atoms with Crippen molar-refractivity contribution < 1.29 is 9.47 Å². The molecule has 0 N–H and O–H groups in total. The zero-order valence-electron chi connectivity index (χ0n) is 20.5. The average molecular weight is 439 g/mol. The fourth-order valence-corrected chi connectivity index (χ4v) is 8.01. The van der Waals surface area contributed by atoms with Crippen LogP contribution in [0, 0.1) is 21.7 Å². The second kappa shape index (κ2) is 9.04. The zero-order valence-corrected chi connectivity index (χ0v) is 22.5. The summed E-state index contributed by atoms with van der Waals surface area (Å²) >= 11 is 0. The van der Waals surface area contributed by atoms with E-state index < -0.39 is 0 Å². The summed E-state index contributed by atoms with van der Waals surface area (Å²) in [5, 5.41) is 2.97. The van der Waals surface area contributed by atoms with Gasteiger partial charge in [-0.1, -0.05) is 86.4 Å². The van der Waals surface area contributed by atoms with Crippen LogP contribution < -0.4 is 20.1 Å². The second-order valence-electron chi connectivity index (χ2n) is 12.8. The lowest BCUT2D eigenvalue weighted by Crippen LogP contribution is -2.27. The molecule has 0 saturated heterocycles. The van der Waals surface area contributed by atoms with E-state index in [0.29, 0.717) is 28.5 Å². The Bertz CT molecular complexity index is 635. The Morgan fingerprint density at radius 3 is 1.31 bits per heavy atom. The van der Waals surface area contributed by atoms with Crippen LogP contribution in [0.1, 0.15) is 82.1 Å². The third kappa shape index (κ3) is 8.75. The van der Waals surface area contributed by atoms with Crippen LogP contribution in [0.4, 0.5) is 0 Å². The smallest absolute Gasteiger partial charge is 0.231 e. The molecule has 166 valence electrons. The maximum absolute atomic E-state index is 5.70. The summed E-state index contributed by atoms with van der Waals surface area (Å²) in [7, 11) is 1.64. The molecule has 2 unspecified atom stereocenters. The van der Waals surface area contributed by atoms with E-state index in [4.69, 9.17) is 9.47 Å². The molecular formula is C25H44O2P2. The summed E-state index contributed by atoms with van der Waals surface area (Å²) in [5.74, 6) is 1.87. The van der Waals surface area contributed by atoms with Gasteiger partial charge < -0.3 is 9.47 Å². The summed E-state index contributed by atoms with van der Waals surface area (Å²) in [5.41, 5.74) is 1.42. The van der Waals surface area contributed by atoms with E-state index in [-0.39, 0.29) is 0 Å².